The van der Waals surface area contributed by atoms with E-state index >= 15 is 0 Å². The fourth-order valence-electron chi connectivity index (χ4n) is 1.39. The van der Waals surface area contributed by atoms with Crippen LogP contribution in [-0.2, 0) is 11.2 Å². The van der Waals surface area contributed by atoms with Gasteiger partial charge in [-0.1, -0.05) is 31.5 Å². The van der Waals surface area contributed by atoms with Crippen molar-refractivity contribution >= 4 is 6.29 Å². The number of aldehydes is 1. The molecular weight excluding hydrogens is 188 g/mol. The van der Waals surface area contributed by atoms with Crippen molar-refractivity contribution in [1.29, 1.82) is 0 Å². The van der Waals surface area contributed by atoms with Gasteiger partial charge < -0.3 is 9.53 Å². The van der Waals surface area contributed by atoms with Gasteiger partial charge in [0.2, 0.25) is 0 Å². The summed E-state index contributed by atoms with van der Waals surface area (Å²) in [7, 11) is 0. The third-order valence-electron chi connectivity index (χ3n) is 2.26. The molecule has 1 rings (SSSR count). The van der Waals surface area contributed by atoms with Crippen LogP contribution in [-0.4, -0.2) is 12.9 Å². The zero-order valence-corrected chi connectivity index (χ0v) is 9.24. The van der Waals surface area contributed by atoms with Crippen LogP contribution in [0.1, 0.15) is 31.7 Å². The second-order valence-electron chi connectivity index (χ2n) is 3.52. The molecule has 1 aromatic carbocycles. The monoisotopic (exact) mass is 206 g/mol. The Kier molecular flexibility index (Phi) is 5.52. The van der Waals surface area contributed by atoms with Gasteiger partial charge >= 0.3 is 0 Å². The number of aryl methyl sites for hydroxylation is 1. The first kappa shape index (κ1) is 11.8. The predicted octanol–water partition coefficient (Wildman–Crippen LogP) is 3.00. The lowest BCUT2D eigenvalue weighted by molar-refractivity contribution is -0.107. The highest BCUT2D eigenvalue weighted by molar-refractivity contribution is 5.50. The van der Waals surface area contributed by atoms with E-state index < -0.39 is 0 Å². The van der Waals surface area contributed by atoms with Gasteiger partial charge in [0, 0.05) is 6.42 Å². The molecule has 15 heavy (non-hydrogen) atoms. The smallest absolute Gasteiger partial charge is 0.122 e. The van der Waals surface area contributed by atoms with Crippen LogP contribution < -0.4 is 4.74 Å². The predicted molar refractivity (Wildman–Crippen MR) is 61.2 cm³/mol. The molecule has 0 amide bonds. The highest BCUT2D eigenvalue weighted by Gasteiger charge is 2.01. The molecule has 0 N–H and O–H groups in total. The Balaban J connectivity index is 2.55. The molecule has 0 heterocycles. The average molecular weight is 206 g/mol. The van der Waals surface area contributed by atoms with Crippen LogP contribution in [0, 0.1) is 0 Å². The van der Waals surface area contributed by atoms with Crippen LogP contribution in [0.4, 0.5) is 0 Å². The summed E-state index contributed by atoms with van der Waals surface area (Å²) in [6.45, 7) is 2.90. The Bertz CT molecular complexity index is 294. The summed E-state index contributed by atoms with van der Waals surface area (Å²) in [5, 5.41) is 0. The number of rotatable bonds is 7. The number of para-hydroxylation sites is 1. The topological polar surface area (TPSA) is 26.3 Å². The fourth-order valence-corrected chi connectivity index (χ4v) is 1.39. The van der Waals surface area contributed by atoms with E-state index in [0.717, 1.165) is 43.5 Å². The largest absolute Gasteiger partial charge is 0.493 e. The van der Waals surface area contributed by atoms with E-state index in [4.69, 9.17) is 4.74 Å². The minimum Gasteiger partial charge on any atom is -0.493 e. The van der Waals surface area contributed by atoms with Gasteiger partial charge in [-0.3, -0.25) is 0 Å². The molecule has 0 radical (unpaired) electrons. The van der Waals surface area contributed by atoms with E-state index in [1.165, 1.54) is 0 Å². The lowest BCUT2D eigenvalue weighted by Gasteiger charge is -2.09. The number of carbonyl (C=O) groups is 1. The summed E-state index contributed by atoms with van der Waals surface area (Å²) >= 11 is 0. The van der Waals surface area contributed by atoms with Gasteiger partial charge in [-0.25, -0.2) is 0 Å². The van der Waals surface area contributed by atoms with Crippen molar-refractivity contribution in [2.75, 3.05) is 6.61 Å². The molecule has 0 aliphatic carbocycles. The molecule has 0 unspecified atom stereocenters. The van der Waals surface area contributed by atoms with Gasteiger partial charge in [-0.05, 0) is 24.5 Å². The first-order valence-electron chi connectivity index (χ1n) is 5.52. The van der Waals surface area contributed by atoms with Gasteiger partial charge in [0.05, 0.1) is 6.61 Å². The Hall–Kier alpha value is -1.31. The third kappa shape index (κ3) is 4.15. The van der Waals surface area contributed by atoms with Crippen LogP contribution in [0.2, 0.25) is 0 Å². The Morgan fingerprint density at radius 2 is 2.13 bits per heavy atom. The Labute approximate surface area is 91.3 Å². The summed E-state index contributed by atoms with van der Waals surface area (Å²) < 4.78 is 5.66. The number of hydrogen-bond acceptors (Lipinski definition) is 2. The molecule has 0 saturated carbocycles. The Morgan fingerprint density at radius 3 is 2.87 bits per heavy atom. The van der Waals surface area contributed by atoms with Gasteiger partial charge in [0.1, 0.15) is 12.0 Å². The molecule has 0 bridgehead atoms. The normalized spacial score (nSPS) is 9.93. The molecule has 2 heteroatoms. The molecule has 0 aromatic heterocycles. The third-order valence-corrected chi connectivity index (χ3v) is 2.26. The highest BCUT2D eigenvalue weighted by atomic mass is 16.5. The zero-order valence-electron chi connectivity index (χ0n) is 9.24. The van der Waals surface area contributed by atoms with E-state index in [1.54, 1.807) is 0 Å². The van der Waals surface area contributed by atoms with E-state index in [1.807, 2.05) is 24.3 Å². The second kappa shape index (κ2) is 7.04. The van der Waals surface area contributed by atoms with Crippen molar-refractivity contribution in [3.63, 3.8) is 0 Å². The van der Waals surface area contributed by atoms with E-state index in [-0.39, 0.29) is 0 Å². The highest BCUT2D eigenvalue weighted by Crippen LogP contribution is 2.19. The van der Waals surface area contributed by atoms with Crippen LogP contribution in [0.5, 0.6) is 5.75 Å². The molecule has 0 aliphatic rings. The number of ether oxygens (including phenoxy) is 1. The average Bonchev–Trinajstić information content (AvgIpc) is 2.28. The molecule has 2 nitrogen and oxygen atoms in total. The van der Waals surface area contributed by atoms with Crippen molar-refractivity contribution in [1.82, 2.24) is 0 Å². The van der Waals surface area contributed by atoms with Crippen LogP contribution >= 0.6 is 0 Å². The number of benzene rings is 1. The summed E-state index contributed by atoms with van der Waals surface area (Å²) in [5.41, 5.74) is 1.13. The second-order valence-corrected chi connectivity index (χ2v) is 3.52. The maximum atomic E-state index is 10.3. The maximum absolute atomic E-state index is 10.3. The summed E-state index contributed by atoms with van der Waals surface area (Å²) in [4.78, 5) is 10.3. The lowest BCUT2D eigenvalue weighted by Crippen LogP contribution is -2.00. The summed E-state index contributed by atoms with van der Waals surface area (Å²) in [6.07, 6.45) is 4.49. The minimum atomic E-state index is 0.564. The molecule has 0 atom stereocenters. The molecule has 0 spiro atoms. The van der Waals surface area contributed by atoms with Crippen LogP contribution in [0.25, 0.3) is 0 Å². The molecular formula is C13H18O2. The van der Waals surface area contributed by atoms with Crippen LogP contribution in [0.3, 0.4) is 0 Å². The van der Waals surface area contributed by atoms with Gasteiger partial charge in [0.25, 0.3) is 0 Å². The van der Waals surface area contributed by atoms with Crippen molar-refractivity contribution in [2.24, 2.45) is 0 Å². The van der Waals surface area contributed by atoms with Crippen LogP contribution in [0.15, 0.2) is 24.3 Å². The number of carbonyl (C=O) groups excluding carboxylic acids is 1. The first-order chi connectivity index (χ1) is 7.38. The molecule has 0 fully saturated rings. The van der Waals surface area contributed by atoms with Crippen molar-refractivity contribution in [3.8, 4) is 5.75 Å². The summed E-state index contributed by atoms with van der Waals surface area (Å²) in [5.74, 6) is 0.924. The van der Waals surface area contributed by atoms with Gasteiger partial charge in [0.15, 0.2) is 0 Å². The SMILES string of the molecule is CCCCOc1ccccc1CCC=O. The quantitative estimate of drug-likeness (QED) is 0.506. The number of unbranched alkanes of at least 4 members (excludes halogenated alkanes) is 1. The molecule has 0 aliphatic heterocycles. The van der Waals surface area contributed by atoms with Crippen molar-refractivity contribution in [2.45, 2.75) is 32.6 Å². The zero-order chi connectivity index (χ0) is 10.9. The molecule has 82 valence electrons. The standard InChI is InChI=1S/C13H18O2/c1-2-3-11-15-13-9-5-4-7-12(13)8-6-10-14/h4-5,7,9-10H,2-3,6,8,11H2,1H3. The fraction of sp³-hybridized carbons (Fsp3) is 0.462. The first-order valence-corrected chi connectivity index (χ1v) is 5.52. The van der Waals surface area contributed by atoms with Crippen molar-refractivity contribution < 1.29 is 9.53 Å². The minimum absolute atomic E-state index is 0.564. The number of hydrogen-bond donors (Lipinski definition) is 0. The lowest BCUT2D eigenvalue weighted by atomic mass is 10.1. The maximum Gasteiger partial charge on any atom is 0.122 e. The summed E-state index contributed by atoms with van der Waals surface area (Å²) in [6, 6.07) is 7.93. The van der Waals surface area contributed by atoms with E-state index in [2.05, 4.69) is 6.92 Å². The van der Waals surface area contributed by atoms with E-state index in [9.17, 15) is 4.79 Å². The van der Waals surface area contributed by atoms with Crippen molar-refractivity contribution in [3.05, 3.63) is 29.8 Å². The van der Waals surface area contributed by atoms with Gasteiger partial charge in [-0.15, -0.1) is 0 Å². The Morgan fingerprint density at radius 1 is 1.33 bits per heavy atom. The van der Waals surface area contributed by atoms with E-state index in [0.29, 0.717) is 6.42 Å². The molecule has 0 saturated heterocycles. The molecule has 1 aromatic rings. The van der Waals surface area contributed by atoms with Gasteiger partial charge in [-0.2, -0.15) is 0 Å².